The van der Waals surface area contributed by atoms with Gasteiger partial charge in [-0.05, 0) is 48.3 Å². The Morgan fingerprint density at radius 1 is 0.931 bits per heavy atom. The number of hydrogen-bond acceptors (Lipinski definition) is 5. The Hall–Kier alpha value is -0.660. The predicted molar refractivity (Wildman–Crippen MR) is 97.5 cm³/mol. The molecule has 0 radical (unpaired) electrons. The van der Waals surface area contributed by atoms with Crippen molar-refractivity contribution in [2.45, 2.75) is 44.6 Å². The van der Waals surface area contributed by atoms with Gasteiger partial charge in [0.15, 0.2) is 0 Å². The average molecular weight is 414 g/mol. The molecule has 7 heteroatoms. The van der Waals surface area contributed by atoms with E-state index in [0.717, 1.165) is 6.42 Å². The summed E-state index contributed by atoms with van der Waals surface area (Å²) in [5.74, 6) is -2.60. The van der Waals surface area contributed by atoms with Crippen molar-refractivity contribution < 1.29 is 84.0 Å². The number of rotatable bonds is 10. The molecule has 2 aromatic carbocycles. The van der Waals surface area contributed by atoms with Crippen molar-refractivity contribution in [3.05, 3.63) is 71.3 Å². The zero-order valence-electron chi connectivity index (χ0n) is 17.4. The van der Waals surface area contributed by atoms with Gasteiger partial charge in [0, 0.05) is 5.97 Å². The van der Waals surface area contributed by atoms with Crippen molar-refractivity contribution >= 4 is 11.9 Å². The van der Waals surface area contributed by atoms with Crippen LogP contribution in [0.1, 0.15) is 60.5 Å². The molecule has 2 atom stereocenters. The van der Waals surface area contributed by atoms with Crippen LogP contribution in [0, 0.1) is 5.92 Å². The van der Waals surface area contributed by atoms with Crippen molar-refractivity contribution in [2.75, 3.05) is 0 Å². The van der Waals surface area contributed by atoms with Gasteiger partial charge >= 0.3 is 59.1 Å². The minimum Gasteiger partial charge on any atom is -0.550 e. The molecule has 29 heavy (non-hydrogen) atoms. The first kappa shape index (κ1) is 28.3. The Morgan fingerprint density at radius 2 is 1.48 bits per heavy atom. The first-order valence-corrected chi connectivity index (χ1v) is 9.19. The SMILES string of the molecule is CCCC(CCCC(=O)[O-])C(O)(c1ccccc1)c1ccc(C(=O)[O-])cc1.[Na+].[Na+]. The molecule has 0 amide bonds. The predicted octanol–water partition coefficient (Wildman–Crippen LogP) is -4.37. The van der Waals surface area contributed by atoms with Crippen LogP contribution >= 0.6 is 0 Å². The van der Waals surface area contributed by atoms with Gasteiger partial charge in [0.2, 0.25) is 0 Å². The molecular weight excluding hydrogens is 390 g/mol. The first-order chi connectivity index (χ1) is 12.9. The van der Waals surface area contributed by atoms with Crippen molar-refractivity contribution in [2.24, 2.45) is 5.92 Å². The molecule has 0 aliphatic carbocycles. The molecule has 144 valence electrons. The van der Waals surface area contributed by atoms with E-state index in [1.807, 2.05) is 37.3 Å². The Labute approximate surface area is 216 Å². The molecular formula is C22H24Na2O5. The molecule has 0 aliphatic heterocycles. The molecule has 0 aliphatic rings. The Kier molecular flexibility index (Phi) is 13.3. The second kappa shape index (κ2) is 13.6. The number of carboxylic acids is 2. The number of carbonyl (C=O) groups is 2. The van der Waals surface area contributed by atoms with E-state index in [0.29, 0.717) is 30.4 Å². The Balaban J connectivity index is 0.00000392. The molecule has 0 saturated heterocycles. The van der Waals surface area contributed by atoms with E-state index < -0.39 is 17.5 Å². The summed E-state index contributed by atoms with van der Waals surface area (Å²) in [6.07, 6.45) is 2.37. The maximum Gasteiger partial charge on any atom is 1.00 e. The minimum atomic E-state index is -1.35. The summed E-state index contributed by atoms with van der Waals surface area (Å²) in [6.45, 7) is 2.01. The largest absolute Gasteiger partial charge is 1.00 e. The zero-order chi connectivity index (χ0) is 19.9. The van der Waals surface area contributed by atoms with Crippen LogP contribution in [-0.4, -0.2) is 17.0 Å². The second-order valence-electron chi connectivity index (χ2n) is 6.75. The van der Waals surface area contributed by atoms with E-state index in [1.54, 1.807) is 12.1 Å². The fraction of sp³-hybridized carbons (Fsp3) is 0.364. The summed E-state index contributed by atoms with van der Waals surface area (Å²) >= 11 is 0. The van der Waals surface area contributed by atoms with Crippen LogP contribution in [0.4, 0.5) is 0 Å². The molecule has 5 nitrogen and oxygen atoms in total. The third-order valence-electron chi connectivity index (χ3n) is 4.94. The average Bonchev–Trinajstić information content (AvgIpc) is 2.67. The number of aliphatic carboxylic acids is 1. The van der Waals surface area contributed by atoms with Gasteiger partial charge in [0.25, 0.3) is 0 Å². The first-order valence-electron chi connectivity index (χ1n) is 9.19. The van der Waals surface area contributed by atoms with Gasteiger partial charge in [-0.15, -0.1) is 0 Å². The Morgan fingerprint density at radius 3 is 1.97 bits per heavy atom. The van der Waals surface area contributed by atoms with E-state index in [1.165, 1.54) is 12.1 Å². The van der Waals surface area contributed by atoms with Gasteiger partial charge in [-0.3, -0.25) is 0 Å². The van der Waals surface area contributed by atoms with Gasteiger partial charge in [-0.1, -0.05) is 67.9 Å². The van der Waals surface area contributed by atoms with Gasteiger partial charge in [0.1, 0.15) is 5.60 Å². The van der Waals surface area contributed by atoms with E-state index in [4.69, 9.17) is 0 Å². The van der Waals surface area contributed by atoms with Crippen LogP contribution in [0.25, 0.3) is 0 Å². The third kappa shape index (κ3) is 7.51. The number of benzene rings is 2. The van der Waals surface area contributed by atoms with E-state index in [9.17, 15) is 24.9 Å². The Bertz CT molecular complexity index is 765. The van der Waals surface area contributed by atoms with Gasteiger partial charge < -0.3 is 24.9 Å². The summed E-state index contributed by atoms with van der Waals surface area (Å²) in [5.41, 5.74) is -0.0462. The summed E-state index contributed by atoms with van der Waals surface area (Å²) < 4.78 is 0. The third-order valence-corrected chi connectivity index (χ3v) is 4.94. The summed E-state index contributed by atoms with van der Waals surface area (Å²) in [6, 6.07) is 15.2. The van der Waals surface area contributed by atoms with Crippen molar-refractivity contribution in [3.8, 4) is 0 Å². The molecule has 0 bridgehead atoms. The normalized spacial score (nSPS) is 13.3. The molecule has 2 aromatic rings. The fourth-order valence-corrected chi connectivity index (χ4v) is 3.59. The number of carbonyl (C=O) groups excluding carboxylic acids is 2. The molecule has 1 N–H and O–H groups in total. The molecule has 0 aromatic heterocycles. The van der Waals surface area contributed by atoms with Gasteiger partial charge in [-0.25, -0.2) is 0 Å². The topological polar surface area (TPSA) is 100 Å². The number of aliphatic hydroxyl groups is 1. The van der Waals surface area contributed by atoms with E-state index in [-0.39, 0.29) is 77.0 Å². The van der Waals surface area contributed by atoms with Crippen molar-refractivity contribution in [1.29, 1.82) is 0 Å². The number of hydrogen-bond donors (Lipinski definition) is 1. The second-order valence-corrected chi connectivity index (χ2v) is 6.75. The van der Waals surface area contributed by atoms with Crippen LogP contribution in [0.2, 0.25) is 0 Å². The summed E-state index contributed by atoms with van der Waals surface area (Å²) in [4.78, 5) is 21.8. The quantitative estimate of drug-likeness (QED) is 0.396. The van der Waals surface area contributed by atoms with Gasteiger partial charge in [0.05, 0.1) is 5.97 Å². The number of carboxylic acid groups (broad SMARTS) is 2. The van der Waals surface area contributed by atoms with Crippen LogP contribution in [-0.2, 0) is 10.4 Å². The fourth-order valence-electron chi connectivity index (χ4n) is 3.59. The van der Waals surface area contributed by atoms with E-state index in [2.05, 4.69) is 0 Å². The smallest absolute Gasteiger partial charge is 0.550 e. The minimum absolute atomic E-state index is 0. The van der Waals surface area contributed by atoms with Crippen molar-refractivity contribution in [1.82, 2.24) is 0 Å². The monoisotopic (exact) mass is 414 g/mol. The molecule has 0 fully saturated rings. The molecule has 2 unspecified atom stereocenters. The molecule has 2 rings (SSSR count). The molecule has 0 heterocycles. The maximum atomic E-state index is 11.8. The summed E-state index contributed by atoms with van der Waals surface area (Å²) in [7, 11) is 0. The summed E-state index contributed by atoms with van der Waals surface area (Å²) in [5, 5.41) is 33.6. The maximum absolute atomic E-state index is 11.8. The van der Waals surface area contributed by atoms with E-state index >= 15 is 0 Å². The standard InChI is InChI=1S/C22H26O5.2Na/c1-2-7-17(10-6-11-20(23)24)22(27,18-8-4-3-5-9-18)19-14-12-16(13-15-19)21(25)26;;/h3-5,8-9,12-15,17,27H,2,6-7,10-11H2,1H3,(H,23,24)(H,25,26);;/q;2*+1/p-2. The van der Waals surface area contributed by atoms with Crippen LogP contribution in [0.15, 0.2) is 54.6 Å². The molecule has 0 spiro atoms. The van der Waals surface area contributed by atoms with Crippen LogP contribution < -0.4 is 69.3 Å². The molecule has 0 saturated carbocycles. The van der Waals surface area contributed by atoms with Gasteiger partial charge in [-0.2, -0.15) is 0 Å². The van der Waals surface area contributed by atoms with Crippen LogP contribution in [0.3, 0.4) is 0 Å². The number of aromatic carboxylic acids is 1. The zero-order valence-corrected chi connectivity index (χ0v) is 21.4. The van der Waals surface area contributed by atoms with Crippen molar-refractivity contribution in [3.63, 3.8) is 0 Å². The van der Waals surface area contributed by atoms with Crippen LogP contribution in [0.5, 0.6) is 0 Å².